The molecule has 1 fully saturated rings. The molecular weight excluding hydrogens is 246 g/mol. The molecule has 1 rings (SSSR count). The molecule has 2 N–H and O–H groups in total. The molecule has 0 aromatic heterocycles. The first-order valence-corrected chi connectivity index (χ1v) is 6.71. The maximum absolute atomic E-state index is 11.9. The highest BCUT2D eigenvalue weighted by Crippen LogP contribution is 2.20. The van der Waals surface area contributed by atoms with Crippen LogP contribution in [0.3, 0.4) is 0 Å². The Bertz CT molecular complexity index is 347. The lowest BCUT2D eigenvalue weighted by Gasteiger charge is -2.34. The molecule has 108 valence electrons. The number of rotatable bonds is 3. The van der Waals surface area contributed by atoms with E-state index in [0.717, 1.165) is 6.42 Å². The first-order chi connectivity index (χ1) is 8.90. The molecule has 0 radical (unpaired) electrons. The van der Waals surface area contributed by atoms with E-state index in [9.17, 15) is 14.4 Å². The molecule has 3 amide bonds. The van der Waals surface area contributed by atoms with E-state index in [4.69, 9.17) is 0 Å². The Balaban J connectivity index is 2.35. The summed E-state index contributed by atoms with van der Waals surface area (Å²) in [6.07, 6.45) is 1.09. The number of carbonyl (C=O) groups is 3. The van der Waals surface area contributed by atoms with E-state index in [-0.39, 0.29) is 12.5 Å². The molecule has 0 aromatic carbocycles. The van der Waals surface area contributed by atoms with Crippen molar-refractivity contribution < 1.29 is 14.4 Å². The van der Waals surface area contributed by atoms with Crippen molar-refractivity contribution in [1.29, 1.82) is 0 Å². The third-order valence-electron chi connectivity index (χ3n) is 3.13. The third-order valence-corrected chi connectivity index (χ3v) is 3.13. The maximum atomic E-state index is 11.9. The van der Waals surface area contributed by atoms with Crippen LogP contribution >= 0.6 is 0 Å². The normalized spacial score (nSPS) is 22.8. The van der Waals surface area contributed by atoms with Crippen LogP contribution in [0, 0.1) is 11.8 Å². The topological polar surface area (TPSA) is 78.5 Å². The van der Waals surface area contributed by atoms with Gasteiger partial charge in [0, 0.05) is 33.1 Å². The zero-order valence-electron chi connectivity index (χ0n) is 11.9. The Kier molecular flexibility index (Phi) is 5.79. The fourth-order valence-electron chi connectivity index (χ4n) is 2.46. The van der Waals surface area contributed by atoms with E-state index in [1.807, 2.05) is 0 Å². The van der Waals surface area contributed by atoms with Crippen molar-refractivity contribution in [1.82, 2.24) is 15.5 Å². The molecule has 2 unspecified atom stereocenters. The number of hydrogen-bond acceptors (Lipinski definition) is 3. The Labute approximate surface area is 113 Å². The van der Waals surface area contributed by atoms with Gasteiger partial charge in [-0.25, -0.2) is 0 Å². The number of hydrogen-bond donors (Lipinski definition) is 2. The Hall–Kier alpha value is -1.59. The minimum Gasteiger partial charge on any atom is -0.355 e. The van der Waals surface area contributed by atoms with Gasteiger partial charge in [0.05, 0.1) is 0 Å². The zero-order chi connectivity index (χ0) is 14.4. The fourth-order valence-corrected chi connectivity index (χ4v) is 2.46. The summed E-state index contributed by atoms with van der Waals surface area (Å²) in [5, 5.41) is 5.07. The van der Waals surface area contributed by atoms with E-state index >= 15 is 0 Å². The van der Waals surface area contributed by atoms with Gasteiger partial charge in [0.2, 0.25) is 5.91 Å². The third kappa shape index (κ3) is 5.28. The van der Waals surface area contributed by atoms with Gasteiger partial charge in [-0.1, -0.05) is 13.8 Å². The van der Waals surface area contributed by atoms with Crippen molar-refractivity contribution in [2.75, 3.05) is 26.2 Å². The average Bonchev–Trinajstić information content (AvgIpc) is 2.32. The van der Waals surface area contributed by atoms with Crippen molar-refractivity contribution in [3.8, 4) is 0 Å². The summed E-state index contributed by atoms with van der Waals surface area (Å²) < 4.78 is 0. The second kappa shape index (κ2) is 7.11. The highest BCUT2D eigenvalue weighted by molar-refractivity contribution is 6.35. The van der Waals surface area contributed by atoms with Gasteiger partial charge >= 0.3 is 11.8 Å². The minimum absolute atomic E-state index is 0.153. The Morgan fingerprint density at radius 2 is 1.58 bits per heavy atom. The second-order valence-corrected chi connectivity index (χ2v) is 5.40. The number of nitrogens with one attached hydrogen (secondary N) is 2. The van der Waals surface area contributed by atoms with Crippen LogP contribution in [-0.2, 0) is 14.4 Å². The molecule has 0 aliphatic carbocycles. The molecule has 1 heterocycles. The molecule has 6 nitrogen and oxygen atoms in total. The molecule has 6 heteroatoms. The standard InChI is InChI=1S/C13H23N3O3/c1-9-6-10(2)8-16(7-9)13(19)12(18)15-5-4-14-11(3)17/h9-10H,4-8H2,1-3H3,(H,14,17)(H,15,18). The number of likely N-dealkylation sites (tertiary alicyclic amines) is 1. The van der Waals surface area contributed by atoms with Gasteiger partial charge in [-0.05, 0) is 18.3 Å². The van der Waals surface area contributed by atoms with E-state index < -0.39 is 11.8 Å². The van der Waals surface area contributed by atoms with Gasteiger partial charge in [0.1, 0.15) is 0 Å². The summed E-state index contributed by atoms with van der Waals surface area (Å²) in [5.41, 5.74) is 0. The van der Waals surface area contributed by atoms with Crippen molar-refractivity contribution in [2.45, 2.75) is 27.2 Å². The number of piperidine rings is 1. The van der Waals surface area contributed by atoms with Crippen LogP contribution in [0.5, 0.6) is 0 Å². The van der Waals surface area contributed by atoms with Gasteiger partial charge in [-0.15, -0.1) is 0 Å². The van der Waals surface area contributed by atoms with Gasteiger partial charge in [0.15, 0.2) is 0 Å². The van der Waals surface area contributed by atoms with Crippen LogP contribution in [-0.4, -0.2) is 48.8 Å². The summed E-state index contributed by atoms with van der Waals surface area (Å²) in [7, 11) is 0. The van der Waals surface area contributed by atoms with Gasteiger partial charge in [-0.2, -0.15) is 0 Å². The van der Waals surface area contributed by atoms with Crippen LogP contribution in [0.4, 0.5) is 0 Å². The molecule has 0 bridgehead atoms. The second-order valence-electron chi connectivity index (χ2n) is 5.40. The van der Waals surface area contributed by atoms with Crippen LogP contribution in [0.15, 0.2) is 0 Å². The van der Waals surface area contributed by atoms with Crippen LogP contribution < -0.4 is 10.6 Å². The molecule has 1 aliphatic rings. The smallest absolute Gasteiger partial charge is 0.311 e. The maximum Gasteiger partial charge on any atom is 0.311 e. The molecule has 19 heavy (non-hydrogen) atoms. The number of amides is 3. The molecular formula is C13H23N3O3. The highest BCUT2D eigenvalue weighted by atomic mass is 16.2. The van der Waals surface area contributed by atoms with Gasteiger partial charge in [0.25, 0.3) is 0 Å². The number of nitrogens with zero attached hydrogens (tertiary/aromatic N) is 1. The van der Waals surface area contributed by atoms with Crippen LogP contribution in [0.2, 0.25) is 0 Å². The predicted octanol–water partition coefficient (Wildman–Crippen LogP) is -0.257. The van der Waals surface area contributed by atoms with Gasteiger partial charge < -0.3 is 15.5 Å². The van der Waals surface area contributed by atoms with E-state index in [2.05, 4.69) is 24.5 Å². The highest BCUT2D eigenvalue weighted by Gasteiger charge is 2.28. The molecule has 1 aliphatic heterocycles. The largest absolute Gasteiger partial charge is 0.355 e. The Morgan fingerprint density at radius 3 is 2.11 bits per heavy atom. The van der Waals surface area contributed by atoms with Crippen LogP contribution in [0.1, 0.15) is 27.2 Å². The summed E-state index contributed by atoms with van der Waals surface area (Å²) in [6.45, 7) is 7.47. The van der Waals surface area contributed by atoms with Crippen molar-refractivity contribution in [3.05, 3.63) is 0 Å². The summed E-state index contributed by atoms with van der Waals surface area (Å²) >= 11 is 0. The number of carbonyl (C=O) groups excluding carboxylic acids is 3. The SMILES string of the molecule is CC(=O)NCCNC(=O)C(=O)N1CC(C)CC(C)C1. The lowest BCUT2D eigenvalue weighted by molar-refractivity contribution is -0.147. The lowest BCUT2D eigenvalue weighted by Crippen LogP contribution is -2.49. The Morgan fingerprint density at radius 1 is 1.05 bits per heavy atom. The van der Waals surface area contributed by atoms with E-state index in [1.54, 1.807) is 4.90 Å². The summed E-state index contributed by atoms with van der Waals surface area (Å²) in [6, 6.07) is 0. The average molecular weight is 269 g/mol. The van der Waals surface area contributed by atoms with Crippen molar-refractivity contribution in [2.24, 2.45) is 11.8 Å². The van der Waals surface area contributed by atoms with Crippen LogP contribution in [0.25, 0.3) is 0 Å². The lowest BCUT2D eigenvalue weighted by atomic mass is 9.92. The summed E-state index contributed by atoms with van der Waals surface area (Å²) in [5.74, 6) is -0.355. The van der Waals surface area contributed by atoms with Crippen molar-refractivity contribution in [3.63, 3.8) is 0 Å². The molecule has 0 saturated carbocycles. The molecule has 0 spiro atoms. The monoisotopic (exact) mass is 269 g/mol. The predicted molar refractivity (Wildman–Crippen MR) is 71.2 cm³/mol. The van der Waals surface area contributed by atoms with Crippen molar-refractivity contribution >= 4 is 17.7 Å². The fraction of sp³-hybridized carbons (Fsp3) is 0.769. The molecule has 2 atom stereocenters. The zero-order valence-corrected chi connectivity index (χ0v) is 11.9. The van der Waals surface area contributed by atoms with E-state index in [0.29, 0.717) is 31.5 Å². The molecule has 0 aromatic rings. The summed E-state index contributed by atoms with van der Waals surface area (Å²) in [4.78, 5) is 35.9. The first kappa shape index (κ1) is 15.5. The molecule has 1 saturated heterocycles. The first-order valence-electron chi connectivity index (χ1n) is 6.71. The quantitative estimate of drug-likeness (QED) is 0.547. The van der Waals surface area contributed by atoms with Gasteiger partial charge in [-0.3, -0.25) is 14.4 Å². The minimum atomic E-state index is -0.591. The van der Waals surface area contributed by atoms with E-state index in [1.165, 1.54) is 6.92 Å².